The van der Waals surface area contributed by atoms with E-state index in [1.165, 1.54) is 12.1 Å². The van der Waals surface area contributed by atoms with Crippen molar-refractivity contribution in [1.82, 2.24) is 9.97 Å². The Kier molecular flexibility index (Phi) is 3.31. The van der Waals surface area contributed by atoms with Gasteiger partial charge >= 0.3 is 0 Å². The third-order valence-corrected chi connectivity index (χ3v) is 3.84. The maximum Gasteiger partial charge on any atom is 0.123 e. The molecule has 0 bridgehead atoms. The molecule has 2 nitrogen and oxygen atoms in total. The zero-order valence-corrected chi connectivity index (χ0v) is 12.3. The third-order valence-electron chi connectivity index (χ3n) is 3.84. The Balaban J connectivity index is 2.11. The molecule has 0 spiro atoms. The van der Waals surface area contributed by atoms with Crippen LogP contribution < -0.4 is 0 Å². The second-order valence-corrected chi connectivity index (χ2v) is 5.29. The van der Waals surface area contributed by atoms with Gasteiger partial charge in [-0.15, -0.1) is 0 Å². The van der Waals surface area contributed by atoms with Crippen LogP contribution in [0.4, 0.5) is 4.39 Å². The molecule has 0 atom stereocenters. The van der Waals surface area contributed by atoms with Crippen LogP contribution in [0.1, 0.15) is 0 Å². The minimum absolute atomic E-state index is 0.276. The Morgan fingerprint density at radius 3 is 2.39 bits per heavy atom. The van der Waals surface area contributed by atoms with Crippen molar-refractivity contribution >= 4 is 10.9 Å². The van der Waals surface area contributed by atoms with E-state index < -0.39 is 0 Å². The van der Waals surface area contributed by atoms with Crippen LogP contribution in [0.15, 0.2) is 79.1 Å². The molecule has 2 aromatic carbocycles. The van der Waals surface area contributed by atoms with Crippen LogP contribution in [-0.4, -0.2) is 9.97 Å². The highest BCUT2D eigenvalue weighted by Crippen LogP contribution is 2.36. The summed E-state index contributed by atoms with van der Waals surface area (Å²) < 4.78 is 13.8. The Hall–Kier alpha value is -3.07. The molecule has 0 aliphatic carbocycles. The lowest BCUT2D eigenvalue weighted by molar-refractivity contribution is 0.629. The molecule has 4 aromatic rings. The highest BCUT2D eigenvalue weighted by molar-refractivity contribution is 6.01. The van der Waals surface area contributed by atoms with Crippen LogP contribution in [0.3, 0.4) is 0 Å². The fraction of sp³-hybridized carbons (Fsp3) is 0. The molecule has 0 saturated carbocycles. The summed E-state index contributed by atoms with van der Waals surface area (Å²) in [5.74, 6) is -0.276. The van der Waals surface area contributed by atoms with Crippen LogP contribution in [0.2, 0.25) is 0 Å². The van der Waals surface area contributed by atoms with Crippen LogP contribution in [0.25, 0.3) is 33.3 Å². The molecule has 0 unspecified atom stereocenters. The first kappa shape index (κ1) is 13.6. The molecule has 110 valence electrons. The summed E-state index contributed by atoms with van der Waals surface area (Å²) in [5, 5.41) is 0.769. The number of benzene rings is 2. The van der Waals surface area contributed by atoms with Crippen LogP contribution in [0.5, 0.6) is 0 Å². The highest BCUT2D eigenvalue weighted by atomic mass is 19.1. The summed E-state index contributed by atoms with van der Waals surface area (Å²) >= 11 is 0. The van der Waals surface area contributed by atoms with Gasteiger partial charge in [0.15, 0.2) is 0 Å². The Morgan fingerprint density at radius 1 is 0.783 bits per heavy atom. The van der Waals surface area contributed by atoms with Crippen molar-refractivity contribution in [2.45, 2.75) is 0 Å². The lowest BCUT2D eigenvalue weighted by Gasteiger charge is -2.12. The van der Waals surface area contributed by atoms with Gasteiger partial charge in [-0.25, -0.2) is 4.39 Å². The molecule has 2 aromatic heterocycles. The molecular formula is C20H13FN2. The normalized spacial score (nSPS) is 10.8. The summed E-state index contributed by atoms with van der Waals surface area (Å²) in [5.41, 5.74) is 4.45. The summed E-state index contributed by atoms with van der Waals surface area (Å²) in [6.45, 7) is 0. The number of rotatable bonds is 2. The standard InChI is InChI=1S/C20H13FN2/c21-15-9-10-18-16(12-15)20(19-8-4-5-11-22-19)17(13-23-18)14-6-2-1-3-7-14/h1-13H. The first-order valence-electron chi connectivity index (χ1n) is 7.38. The molecule has 2 heterocycles. The molecule has 0 fully saturated rings. The first-order valence-corrected chi connectivity index (χ1v) is 7.38. The van der Waals surface area contributed by atoms with Gasteiger partial charge in [-0.05, 0) is 35.9 Å². The molecule has 0 amide bonds. The molecule has 0 N–H and O–H groups in total. The topological polar surface area (TPSA) is 25.8 Å². The summed E-state index contributed by atoms with van der Waals surface area (Å²) in [6.07, 6.45) is 3.58. The van der Waals surface area contributed by atoms with Gasteiger partial charge in [-0.2, -0.15) is 0 Å². The number of aromatic nitrogens is 2. The van der Waals surface area contributed by atoms with E-state index in [1.807, 2.05) is 54.7 Å². The van der Waals surface area contributed by atoms with Crippen molar-refractivity contribution in [2.24, 2.45) is 0 Å². The molecule has 0 aliphatic heterocycles. The quantitative estimate of drug-likeness (QED) is 0.514. The molecule has 0 saturated heterocycles. The van der Waals surface area contributed by atoms with Crippen LogP contribution >= 0.6 is 0 Å². The minimum Gasteiger partial charge on any atom is -0.256 e. The largest absolute Gasteiger partial charge is 0.256 e. The van der Waals surface area contributed by atoms with E-state index in [0.717, 1.165) is 33.3 Å². The Bertz CT molecular complexity index is 967. The predicted octanol–water partition coefficient (Wildman–Crippen LogP) is 5.10. The van der Waals surface area contributed by atoms with E-state index in [0.29, 0.717) is 0 Å². The van der Waals surface area contributed by atoms with Gasteiger partial charge in [0.05, 0.1) is 11.2 Å². The van der Waals surface area contributed by atoms with E-state index in [4.69, 9.17) is 0 Å². The maximum atomic E-state index is 13.8. The third kappa shape index (κ3) is 2.46. The maximum absolute atomic E-state index is 13.8. The fourth-order valence-corrected chi connectivity index (χ4v) is 2.79. The average Bonchev–Trinajstić information content (AvgIpc) is 2.62. The molecule has 23 heavy (non-hydrogen) atoms. The number of pyridine rings is 2. The van der Waals surface area contributed by atoms with Crippen molar-refractivity contribution in [3.63, 3.8) is 0 Å². The Morgan fingerprint density at radius 2 is 1.61 bits per heavy atom. The van der Waals surface area contributed by atoms with Crippen LogP contribution in [-0.2, 0) is 0 Å². The van der Waals surface area contributed by atoms with E-state index in [2.05, 4.69) is 9.97 Å². The second kappa shape index (κ2) is 5.61. The van der Waals surface area contributed by atoms with Gasteiger partial charge in [-0.3, -0.25) is 9.97 Å². The summed E-state index contributed by atoms with van der Waals surface area (Å²) in [4.78, 5) is 8.96. The molecule has 4 rings (SSSR count). The van der Waals surface area contributed by atoms with Crippen molar-refractivity contribution in [1.29, 1.82) is 0 Å². The van der Waals surface area contributed by atoms with Crippen LogP contribution in [0, 0.1) is 5.82 Å². The van der Waals surface area contributed by atoms with Crippen molar-refractivity contribution < 1.29 is 4.39 Å². The SMILES string of the molecule is Fc1ccc2ncc(-c3ccccc3)c(-c3ccccn3)c2c1. The smallest absolute Gasteiger partial charge is 0.123 e. The number of hydrogen-bond donors (Lipinski definition) is 0. The van der Waals surface area contributed by atoms with Gasteiger partial charge in [-0.1, -0.05) is 36.4 Å². The second-order valence-electron chi connectivity index (χ2n) is 5.29. The molecular weight excluding hydrogens is 287 g/mol. The van der Waals surface area contributed by atoms with E-state index in [1.54, 1.807) is 12.3 Å². The van der Waals surface area contributed by atoms with Gasteiger partial charge in [0.1, 0.15) is 5.82 Å². The van der Waals surface area contributed by atoms with Gasteiger partial charge in [0.25, 0.3) is 0 Å². The van der Waals surface area contributed by atoms with Crippen molar-refractivity contribution in [3.05, 3.63) is 84.9 Å². The van der Waals surface area contributed by atoms with Crippen molar-refractivity contribution in [2.75, 3.05) is 0 Å². The van der Waals surface area contributed by atoms with Gasteiger partial charge in [0.2, 0.25) is 0 Å². The number of fused-ring (bicyclic) bond motifs is 1. The monoisotopic (exact) mass is 300 g/mol. The molecule has 0 aliphatic rings. The predicted molar refractivity (Wildman–Crippen MR) is 90.4 cm³/mol. The van der Waals surface area contributed by atoms with Gasteiger partial charge < -0.3 is 0 Å². The van der Waals surface area contributed by atoms with E-state index >= 15 is 0 Å². The fourth-order valence-electron chi connectivity index (χ4n) is 2.79. The summed E-state index contributed by atoms with van der Waals surface area (Å²) in [6, 6.07) is 20.4. The first-order chi connectivity index (χ1) is 11.3. The lowest BCUT2D eigenvalue weighted by Crippen LogP contribution is -1.93. The zero-order valence-electron chi connectivity index (χ0n) is 12.3. The summed E-state index contributed by atoms with van der Waals surface area (Å²) in [7, 11) is 0. The molecule has 0 radical (unpaired) electrons. The lowest BCUT2D eigenvalue weighted by atomic mass is 9.95. The Labute approximate surface area is 133 Å². The van der Waals surface area contributed by atoms with Gasteiger partial charge in [0, 0.05) is 28.9 Å². The number of hydrogen-bond acceptors (Lipinski definition) is 2. The van der Waals surface area contributed by atoms with Crippen molar-refractivity contribution in [3.8, 4) is 22.4 Å². The average molecular weight is 300 g/mol. The number of nitrogens with zero attached hydrogens (tertiary/aromatic N) is 2. The minimum atomic E-state index is -0.276. The molecule has 3 heteroatoms. The number of halogens is 1. The highest BCUT2D eigenvalue weighted by Gasteiger charge is 2.14. The van der Waals surface area contributed by atoms with E-state index in [-0.39, 0.29) is 5.82 Å². The zero-order chi connectivity index (χ0) is 15.6. The van der Waals surface area contributed by atoms with E-state index in [9.17, 15) is 4.39 Å².